The molecule has 0 unspecified atom stereocenters. The van der Waals surface area contributed by atoms with Crippen molar-refractivity contribution in [3.05, 3.63) is 113 Å². The van der Waals surface area contributed by atoms with Crippen LogP contribution in [0.1, 0.15) is 28.4 Å². The summed E-state index contributed by atoms with van der Waals surface area (Å²) in [5, 5.41) is 11.9. The van der Waals surface area contributed by atoms with Gasteiger partial charge in [-0.25, -0.2) is 0 Å². The molecule has 0 fully saturated rings. The van der Waals surface area contributed by atoms with Gasteiger partial charge in [0.15, 0.2) is 11.5 Å². The number of allylic oxidation sites excluding steroid dienone is 1. The highest BCUT2D eigenvalue weighted by Crippen LogP contribution is 2.31. The second-order valence-electron chi connectivity index (χ2n) is 7.43. The number of nitrogens with zero attached hydrogens (tertiary/aromatic N) is 1. The minimum atomic E-state index is -0.313. The molecule has 0 aliphatic carbocycles. The lowest BCUT2D eigenvalue weighted by Crippen LogP contribution is -2.02. The molecule has 33 heavy (non-hydrogen) atoms. The number of carbonyl (C=O) groups is 1. The minimum Gasteiger partial charge on any atom is -0.490 e. The lowest BCUT2D eigenvalue weighted by Gasteiger charge is -2.14. The summed E-state index contributed by atoms with van der Waals surface area (Å²) in [7, 11) is 0. The first kappa shape index (κ1) is 21.9. The number of Topliss-reactive ketones (excluding diaryl/α,β-unsaturated/α-hetero) is 1. The normalized spacial score (nSPS) is 11.1. The molecule has 4 rings (SSSR count). The van der Waals surface area contributed by atoms with Crippen LogP contribution in [-0.4, -0.2) is 12.4 Å². The van der Waals surface area contributed by atoms with Gasteiger partial charge in [0.25, 0.3) is 0 Å². The number of carbonyl (C=O) groups excluding carboxylic acids is 1. The van der Waals surface area contributed by atoms with Crippen molar-refractivity contribution in [3.8, 4) is 17.6 Å². The van der Waals surface area contributed by atoms with Crippen molar-refractivity contribution in [2.45, 2.75) is 13.5 Å². The van der Waals surface area contributed by atoms with Gasteiger partial charge < -0.3 is 9.47 Å². The molecule has 0 heterocycles. The Balaban J connectivity index is 1.59. The average Bonchev–Trinajstić information content (AvgIpc) is 2.87. The van der Waals surface area contributed by atoms with Crippen LogP contribution >= 0.6 is 0 Å². The highest BCUT2D eigenvalue weighted by molar-refractivity contribution is 6.14. The standard InChI is InChI=1S/C29H23NO3/c1-2-32-28-18-21(17-25(19-30)29(31)23-10-4-3-5-11-23)15-16-27(28)33-20-24-13-8-12-22-9-6-7-14-26(22)24/h3-18H,2,20H2,1H3/b25-17+. The van der Waals surface area contributed by atoms with Gasteiger partial charge in [0.1, 0.15) is 18.2 Å². The number of hydrogen-bond acceptors (Lipinski definition) is 4. The molecule has 0 aliphatic heterocycles. The highest BCUT2D eigenvalue weighted by atomic mass is 16.5. The third-order valence-corrected chi connectivity index (χ3v) is 5.24. The summed E-state index contributed by atoms with van der Waals surface area (Å²) in [5.41, 5.74) is 2.31. The molecular formula is C29H23NO3. The Morgan fingerprint density at radius 3 is 2.42 bits per heavy atom. The van der Waals surface area contributed by atoms with E-state index in [2.05, 4.69) is 18.2 Å². The molecule has 4 nitrogen and oxygen atoms in total. The summed E-state index contributed by atoms with van der Waals surface area (Å²) in [6.07, 6.45) is 1.58. The predicted octanol–water partition coefficient (Wildman–Crippen LogP) is 6.61. The summed E-state index contributed by atoms with van der Waals surface area (Å²) in [6, 6.07) is 30.6. The van der Waals surface area contributed by atoms with Gasteiger partial charge in [-0.05, 0) is 47.0 Å². The Kier molecular flexibility index (Phi) is 6.82. The topological polar surface area (TPSA) is 59.3 Å². The van der Waals surface area contributed by atoms with Gasteiger partial charge in [-0.3, -0.25) is 4.79 Å². The smallest absolute Gasteiger partial charge is 0.203 e. The number of nitriles is 1. The van der Waals surface area contributed by atoms with Crippen molar-refractivity contribution in [3.63, 3.8) is 0 Å². The lowest BCUT2D eigenvalue weighted by molar-refractivity contribution is 0.104. The van der Waals surface area contributed by atoms with Gasteiger partial charge in [-0.2, -0.15) is 5.26 Å². The van der Waals surface area contributed by atoms with Crippen LogP contribution in [0.5, 0.6) is 11.5 Å². The molecular weight excluding hydrogens is 410 g/mol. The monoisotopic (exact) mass is 433 g/mol. The molecule has 0 saturated carbocycles. The van der Waals surface area contributed by atoms with E-state index in [1.54, 1.807) is 36.4 Å². The summed E-state index contributed by atoms with van der Waals surface area (Å²) >= 11 is 0. The number of benzene rings is 4. The van der Waals surface area contributed by atoms with E-state index in [4.69, 9.17) is 9.47 Å². The lowest BCUT2D eigenvalue weighted by atomic mass is 10.0. The van der Waals surface area contributed by atoms with Crippen LogP contribution in [0.4, 0.5) is 0 Å². The first-order valence-corrected chi connectivity index (χ1v) is 10.8. The van der Waals surface area contributed by atoms with E-state index in [-0.39, 0.29) is 11.4 Å². The summed E-state index contributed by atoms with van der Waals surface area (Å²) in [6.45, 7) is 2.76. The molecule has 0 aromatic heterocycles. The quantitative estimate of drug-likeness (QED) is 0.178. The number of hydrogen-bond donors (Lipinski definition) is 0. The van der Waals surface area contributed by atoms with E-state index >= 15 is 0 Å². The zero-order valence-electron chi connectivity index (χ0n) is 18.3. The summed E-state index contributed by atoms with van der Waals surface area (Å²) < 4.78 is 11.9. The molecule has 0 spiro atoms. The summed E-state index contributed by atoms with van der Waals surface area (Å²) in [5.74, 6) is 0.859. The molecule has 0 radical (unpaired) electrons. The summed E-state index contributed by atoms with van der Waals surface area (Å²) in [4.78, 5) is 12.7. The Morgan fingerprint density at radius 2 is 1.64 bits per heavy atom. The van der Waals surface area contributed by atoms with Gasteiger partial charge >= 0.3 is 0 Å². The molecule has 4 aromatic rings. The molecule has 0 N–H and O–H groups in total. The number of fused-ring (bicyclic) bond motifs is 1. The maximum atomic E-state index is 12.7. The van der Waals surface area contributed by atoms with Gasteiger partial charge in [-0.15, -0.1) is 0 Å². The van der Waals surface area contributed by atoms with E-state index in [1.165, 1.54) is 0 Å². The van der Waals surface area contributed by atoms with Crippen molar-refractivity contribution in [2.75, 3.05) is 6.61 Å². The van der Waals surface area contributed by atoms with Crippen LogP contribution in [0, 0.1) is 11.3 Å². The van der Waals surface area contributed by atoms with Crippen LogP contribution in [0.2, 0.25) is 0 Å². The van der Waals surface area contributed by atoms with E-state index in [1.807, 2.05) is 55.5 Å². The molecule has 0 bridgehead atoms. The van der Waals surface area contributed by atoms with Gasteiger partial charge in [-0.1, -0.05) is 78.9 Å². The SMILES string of the molecule is CCOc1cc(/C=C(\C#N)C(=O)c2ccccc2)ccc1OCc1cccc2ccccc12. The highest BCUT2D eigenvalue weighted by Gasteiger charge is 2.13. The third kappa shape index (κ3) is 5.11. The predicted molar refractivity (Wildman–Crippen MR) is 130 cm³/mol. The Morgan fingerprint density at radius 1 is 0.879 bits per heavy atom. The first-order valence-electron chi connectivity index (χ1n) is 10.8. The van der Waals surface area contributed by atoms with Gasteiger partial charge in [0, 0.05) is 5.56 Å². The fourth-order valence-corrected chi connectivity index (χ4v) is 3.64. The van der Waals surface area contributed by atoms with E-state index in [9.17, 15) is 10.1 Å². The van der Waals surface area contributed by atoms with Crippen LogP contribution in [0.3, 0.4) is 0 Å². The first-order chi connectivity index (χ1) is 16.2. The molecule has 4 aromatic carbocycles. The van der Waals surface area contributed by atoms with Crippen LogP contribution in [0.15, 0.2) is 96.6 Å². The zero-order valence-corrected chi connectivity index (χ0v) is 18.3. The maximum absolute atomic E-state index is 12.7. The molecule has 0 saturated heterocycles. The Hall–Kier alpha value is -4.36. The molecule has 0 aliphatic rings. The number of ketones is 1. The van der Waals surface area contributed by atoms with Crippen LogP contribution < -0.4 is 9.47 Å². The largest absolute Gasteiger partial charge is 0.490 e. The van der Waals surface area contributed by atoms with Crippen molar-refractivity contribution >= 4 is 22.6 Å². The van der Waals surface area contributed by atoms with E-state index in [0.717, 1.165) is 16.3 Å². The van der Waals surface area contributed by atoms with Crippen molar-refractivity contribution in [2.24, 2.45) is 0 Å². The van der Waals surface area contributed by atoms with Gasteiger partial charge in [0.2, 0.25) is 5.78 Å². The number of ether oxygens (including phenoxy) is 2. The van der Waals surface area contributed by atoms with E-state index < -0.39 is 0 Å². The number of rotatable bonds is 8. The van der Waals surface area contributed by atoms with Gasteiger partial charge in [0.05, 0.1) is 6.61 Å². The van der Waals surface area contributed by atoms with Crippen LogP contribution in [-0.2, 0) is 6.61 Å². The second-order valence-corrected chi connectivity index (χ2v) is 7.43. The zero-order chi connectivity index (χ0) is 23.0. The molecule has 4 heteroatoms. The van der Waals surface area contributed by atoms with Crippen LogP contribution in [0.25, 0.3) is 16.8 Å². The molecule has 0 amide bonds. The van der Waals surface area contributed by atoms with Crippen molar-refractivity contribution in [1.82, 2.24) is 0 Å². The molecule has 162 valence electrons. The van der Waals surface area contributed by atoms with Crippen molar-refractivity contribution in [1.29, 1.82) is 5.26 Å². The fraction of sp³-hybridized carbons (Fsp3) is 0.103. The Bertz CT molecular complexity index is 1350. The van der Waals surface area contributed by atoms with E-state index in [0.29, 0.717) is 35.8 Å². The molecule has 0 atom stereocenters. The fourth-order valence-electron chi connectivity index (χ4n) is 3.64. The minimum absolute atomic E-state index is 0.0630. The third-order valence-electron chi connectivity index (χ3n) is 5.24. The second kappa shape index (κ2) is 10.3. The Labute approximate surface area is 193 Å². The maximum Gasteiger partial charge on any atom is 0.203 e. The van der Waals surface area contributed by atoms with Crippen molar-refractivity contribution < 1.29 is 14.3 Å². The average molecular weight is 434 g/mol.